The molecule has 7 rings (SSSR count). The molecule has 50 heavy (non-hydrogen) atoms. The molecule has 13 nitrogen and oxygen atoms in total. The lowest BCUT2D eigenvalue weighted by molar-refractivity contribution is -0.136. The van der Waals surface area contributed by atoms with Crippen LogP contribution in [0.2, 0.25) is 0 Å². The van der Waals surface area contributed by atoms with E-state index in [-0.39, 0.29) is 47.4 Å². The molecule has 13 heteroatoms. The van der Waals surface area contributed by atoms with E-state index in [4.69, 9.17) is 15.2 Å². The Morgan fingerprint density at radius 1 is 0.860 bits per heavy atom. The highest BCUT2D eigenvalue weighted by atomic mass is 16.5. The molecule has 1 saturated carbocycles. The van der Waals surface area contributed by atoms with Crippen molar-refractivity contribution in [3.63, 3.8) is 0 Å². The molecule has 4 N–H and O–H groups in total. The number of nitrogens with one attached hydrogen (secondary N) is 2. The Morgan fingerprint density at radius 2 is 1.48 bits per heavy atom. The van der Waals surface area contributed by atoms with Crippen LogP contribution in [0.1, 0.15) is 82.0 Å². The number of benzene rings is 3. The Morgan fingerprint density at radius 3 is 2.10 bits per heavy atom. The summed E-state index contributed by atoms with van der Waals surface area (Å²) in [5.41, 5.74) is 8.29. The van der Waals surface area contributed by atoms with Crippen LogP contribution in [-0.2, 0) is 15.0 Å². The van der Waals surface area contributed by atoms with Gasteiger partial charge in [0.05, 0.1) is 23.5 Å². The number of aromatic nitrogens is 2. The average molecular weight is 675 g/mol. The van der Waals surface area contributed by atoms with Gasteiger partial charge in [0, 0.05) is 36.4 Å². The Hall–Kier alpha value is -6.11. The first-order valence-electron chi connectivity index (χ1n) is 16.3. The summed E-state index contributed by atoms with van der Waals surface area (Å²) in [6, 6.07) is 20.0. The maximum absolute atomic E-state index is 13.1. The molecule has 1 unspecified atom stereocenters. The van der Waals surface area contributed by atoms with Crippen LogP contribution in [0.25, 0.3) is 0 Å². The number of primary amides is 1. The molecule has 3 heterocycles. The van der Waals surface area contributed by atoms with Crippen molar-refractivity contribution in [3.8, 4) is 17.2 Å². The van der Waals surface area contributed by atoms with E-state index < -0.39 is 35.6 Å². The fraction of sp³-hybridized carbons (Fsp3) is 0.270. The molecule has 1 atom stereocenters. The topological polar surface area (TPSA) is 183 Å². The number of nitrogens with two attached hydrogens (primary N) is 1. The minimum atomic E-state index is -0.994. The third-order valence-corrected chi connectivity index (χ3v) is 9.44. The zero-order valence-electron chi connectivity index (χ0n) is 27.3. The molecule has 2 aliphatic heterocycles. The molecule has 5 amide bonds. The van der Waals surface area contributed by atoms with Gasteiger partial charge in [0.15, 0.2) is 5.75 Å². The second-order valence-electron chi connectivity index (χ2n) is 13.1. The summed E-state index contributed by atoms with van der Waals surface area (Å²) >= 11 is 0. The lowest BCUT2D eigenvalue weighted by Crippen LogP contribution is -2.54. The summed E-state index contributed by atoms with van der Waals surface area (Å²) in [7, 11) is 0. The second kappa shape index (κ2) is 12.7. The third-order valence-electron chi connectivity index (χ3n) is 9.44. The van der Waals surface area contributed by atoms with Crippen LogP contribution in [0.5, 0.6) is 17.2 Å². The molecule has 0 bridgehead atoms. The van der Waals surface area contributed by atoms with Gasteiger partial charge < -0.3 is 20.5 Å². The summed E-state index contributed by atoms with van der Waals surface area (Å²) < 4.78 is 12.0. The molecule has 4 aromatic rings. The molecule has 1 aliphatic carbocycles. The van der Waals surface area contributed by atoms with Crippen LogP contribution >= 0.6 is 0 Å². The van der Waals surface area contributed by atoms with E-state index in [2.05, 4.69) is 46.6 Å². The van der Waals surface area contributed by atoms with Crippen LogP contribution in [0.4, 0.5) is 5.69 Å². The highest BCUT2D eigenvalue weighted by molar-refractivity contribution is 6.23. The maximum atomic E-state index is 13.1. The van der Waals surface area contributed by atoms with Crippen LogP contribution in [0.3, 0.4) is 0 Å². The zero-order valence-corrected chi connectivity index (χ0v) is 27.3. The Balaban J connectivity index is 0.912. The van der Waals surface area contributed by atoms with Gasteiger partial charge in [-0.05, 0) is 60.0 Å². The summed E-state index contributed by atoms with van der Waals surface area (Å²) in [6.45, 7) is 4.29. The van der Waals surface area contributed by atoms with E-state index in [1.807, 2.05) is 36.4 Å². The Kier molecular flexibility index (Phi) is 8.26. The number of fused-ring (bicyclic) bond motifs is 1. The summed E-state index contributed by atoms with van der Waals surface area (Å²) in [4.78, 5) is 69.9. The summed E-state index contributed by atoms with van der Waals surface area (Å²) in [6.07, 6.45) is 4.54. The van der Waals surface area contributed by atoms with Crippen LogP contribution < -0.4 is 25.8 Å². The van der Waals surface area contributed by atoms with E-state index in [9.17, 15) is 24.0 Å². The quantitative estimate of drug-likeness (QED) is 0.207. The van der Waals surface area contributed by atoms with E-state index in [1.54, 1.807) is 18.2 Å². The Labute approximate surface area is 287 Å². The molecular weight excluding hydrogens is 640 g/mol. The first kappa shape index (κ1) is 32.4. The van der Waals surface area contributed by atoms with Crippen molar-refractivity contribution in [2.45, 2.75) is 63.1 Å². The molecule has 1 saturated heterocycles. The normalized spacial score (nSPS) is 20.1. The third kappa shape index (κ3) is 6.25. The van der Waals surface area contributed by atoms with Gasteiger partial charge in [-0.3, -0.25) is 34.2 Å². The molecule has 1 aromatic heterocycles. The van der Waals surface area contributed by atoms with Crippen molar-refractivity contribution in [1.82, 2.24) is 20.2 Å². The number of hydrogen-bond acceptors (Lipinski definition) is 10. The molecule has 0 spiro atoms. The summed E-state index contributed by atoms with van der Waals surface area (Å²) in [5, 5.41) is 5.63. The van der Waals surface area contributed by atoms with Gasteiger partial charge in [0.1, 0.15) is 23.6 Å². The van der Waals surface area contributed by atoms with Gasteiger partial charge in [-0.15, -0.1) is 0 Å². The molecule has 2 fully saturated rings. The average Bonchev–Trinajstić information content (AvgIpc) is 3.32. The smallest absolute Gasteiger partial charge is 0.286 e. The fourth-order valence-corrected chi connectivity index (χ4v) is 6.46. The number of piperidine rings is 1. The van der Waals surface area contributed by atoms with Gasteiger partial charge in [0.25, 0.3) is 17.7 Å². The molecule has 3 aromatic carbocycles. The monoisotopic (exact) mass is 674 g/mol. The predicted octanol–water partition coefficient (Wildman–Crippen LogP) is 4.12. The van der Waals surface area contributed by atoms with Gasteiger partial charge in [0.2, 0.25) is 17.6 Å². The van der Waals surface area contributed by atoms with E-state index in [0.29, 0.717) is 17.2 Å². The lowest BCUT2D eigenvalue weighted by Gasteiger charge is -2.36. The SMILES string of the molecule is CC(C)(c1ccc(Oc2cnc(C(N)=O)nc2)cc1)c1ccc(O[C@H]2C[C@H](Nc3ccc4c(c3)C(=O)N(C3CCC(=O)NC3=O)C4=O)C2)cc1. The highest BCUT2D eigenvalue weighted by Gasteiger charge is 2.44. The first-order valence-corrected chi connectivity index (χ1v) is 16.3. The highest BCUT2D eigenvalue weighted by Crippen LogP contribution is 2.36. The van der Waals surface area contributed by atoms with Crippen molar-refractivity contribution >= 4 is 35.2 Å². The lowest BCUT2D eigenvalue weighted by atomic mass is 9.78. The number of carbonyl (C=O) groups is 5. The number of carbonyl (C=O) groups excluding carboxylic acids is 5. The van der Waals surface area contributed by atoms with Crippen LogP contribution in [0, 0.1) is 0 Å². The molecule has 0 radical (unpaired) electrons. The standard InChI is InChI=1S/C37H34N6O7/c1-37(2,21-5-10-25(11-6-21)50-27-18-39-33(32(38)45)40-19-27)20-3-8-24(9-4-20)49-26-15-23(16-26)41-22-7-12-28-29(17-22)36(48)43(35(28)47)30-13-14-31(44)42-34(30)46/h3-12,17-19,23,26,30,41H,13-16H2,1-2H3,(H2,38,45)(H,42,44,46)/t23-,26-,30?. The van der Waals surface area contributed by atoms with E-state index >= 15 is 0 Å². The van der Waals surface area contributed by atoms with Gasteiger partial charge in [-0.2, -0.15) is 0 Å². The van der Waals surface area contributed by atoms with Crippen molar-refractivity contribution in [3.05, 3.63) is 107 Å². The van der Waals surface area contributed by atoms with Crippen molar-refractivity contribution in [1.29, 1.82) is 0 Å². The van der Waals surface area contributed by atoms with Crippen molar-refractivity contribution in [2.75, 3.05) is 5.32 Å². The Bertz CT molecular complexity index is 2010. The van der Waals surface area contributed by atoms with Crippen LogP contribution in [0.15, 0.2) is 79.1 Å². The number of anilines is 1. The van der Waals surface area contributed by atoms with Gasteiger partial charge in [-0.25, -0.2) is 9.97 Å². The fourth-order valence-electron chi connectivity index (χ4n) is 6.46. The minimum Gasteiger partial charge on any atom is -0.490 e. The van der Waals surface area contributed by atoms with Gasteiger partial charge in [-0.1, -0.05) is 38.1 Å². The number of nitrogens with zero attached hydrogens (tertiary/aromatic N) is 3. The first-order chi connectivity index (χ1) is 24.0. The maximum Gasteiger partial charge on any atom is 0.286 e. The zero-order chi connectivity index (χ0) is 35.2. The predicted molar refractivity (Wildman–Crippen MR) is 180 cm³/mol. The summed E-state index contributed by atoms with van der Waals surface area (Å²) in [5.74, 6) is -1.10. The number of imide groups is 2. The number of amides is 5. The van der Waals surface area contributed by atoms with E-state index in [1.165, 1.54) is 12.4 Å². The van der Waals surface area contributed by atoms with Crippen molar-refractivity contribution < 1.29 is 33.4 Å². The molecular formula is C37H34N6O7. The largest absolute Gasteiger partial charge is 0.490 e. The second-order valence-corrected chi connectivity index (χ2v) is 13.1. The van der Waals surface area contributed by atoms with Crippen molar-refractivity contribution in [2.24, 2.45) is 5.73 Å². The van der Waals surface area contributed by atoms with E-state index in [0.717, 1.165) is 34.6 Å². The molecule has 254 valence electrons. The number of ether oxygens (including phenoxy) is 2. The molecule has 3 aliphatic rings. The number of hydrogen-bond donors (Lipinski definition) is 3. The van der Waals surface area contributed by atoms with Gasteiger partial charge >= 0.3 is 0 Å². The number of rotatable bonds is 10. The van der Waals surface area contributed by atoms with Crippen LogP contribution in [-0.4, -0.2) is 62.6 Å². The minimum absolute atomic E-state index is 0.0250.